The molecule has 0 aliphatic carbocycles. The molecule has 0 bridgehead atoms. The molecule has 0 heterocycles. The number of ether oxygens (including phenoxy) is 1. The van der Waals surface area contributed by atoms with E-state index in [1.165, 1.54) is 0 Å². The van der Waals surface area contributed by atoms with Crippen molar-refractivity contribution in [1.82, 2.24) is 0 Å². The van der Waals surface area contributed by atoms with Crippen LogP contribution >= 0.6 is 0 Å². The molecular formula is C9H17F3O2. The first-order valence-corrected chi connectivity index (χ1v) is 4.65. The van der Waals surface area contributed by atoms with Crippen LogP contribution in [0.2, 0.25) is 0 Å². The van der Waals surface area contributed by atoms with Gasteiger partial charge in [-0.25, -0.2) is 0 Å². The Kier molecular flexibility index (Phi) is 6.11. The highest BCUT2D eigenvalue weighted by Gasteiger charge is 2.27. The molecule has 0 aliphatic rings. The Bertz CT molecular complexity index is 145. The molecule has 0 fully saturated rings. The standard InChI is InChI=1S/C9H17F3O2/c1-7(2)8(13)4-3-5-14-6-9(10,11)12/h7-8,13H,3-6H2,1-2H3. The van der Waals surface area contributed by atoms with E-state index in [9.17, 15) is 18.3 Å². The van der Waals surface area contributed by atoms with Crippen molar-refractivity contribution in [2.24, 2.45) is 5.92 Å². The molecule has 0 rings (SSSR count). The lowest BCUT2D eigenvalue weighted by Crippen LogP contribution is -2.19. The van der Waals surface area contributed by atoms with E-state index in [1.807, 2.05) is 13.8 Å². The normalized spacial score (nSPS) is 14.8. The first-order chi connectivity index (χ1) is 6.33. The van der Waals surface area contributed by atoms with Gasteiger partial charge in [0.2, 0.25) is 0 Å². The Morgan fingerprint density at radius 2 is 1.86 bits per heavy atom. The van der Waals surface area contributed by atoms with Crippen LogP contribution < -0.4 is 0 Å². The minimum atomic E-state index is -4.25. The highest BCUT2D eigenvalue weighted by Crippen LogP contribution is 2.15. The Morgan fingerprint density at radius 3 is 2.29 bits per heavy atom. The van der Waals surface area contributed by atoms with Gasteiger partial charge in [-0.05, 0) is 18.8 Å². The van der Waals surface area contributed by atoms with Crippen molar-refractivity contribution >= 4 is 0 Å². The third-order valence-electron chi connectivity index (χ3n) is 1.82. The average molecular weight is 214 g/mol. The lowest BCUT2D eigenvalue weighted by atomic mass is 10.0. The average Bonchev–Trinajstić information content (AvgIpc) is 2.01. The molecular weight excluding hydrogens is 197 g/mol. The SMILES string of the molecule is CC(C)C(O)CCCOCC(F)(F)F. The molecule has 0 aliphatic heterocycles. The van der Waals surface area contributed by atoms with Crippen molar-refractivity contribution in [2.45, 2.75) is 39.0 Å². The zero-order valence-electron chi connectivity index (χ0n) is 8.47. The van der Waals surface area contributed by atoms with E-state index in [-0.39, 0.29) is 12.5 Å². The van der Waals surface area contributed by atoms with Gasteiger partial charge in [0.1, 0.15) is 6.61 Å². The van der Waals surface area contributed by atoms with Gasteiger partial charge in [-0.2, -0.15) is 13.2 Å². The highest BCUT2D eigenvalue weighted by molar-refractivity contribution is 4.59. The molecule has 0 saturated heterocycles. The fourth-order valence-electron chi connectivity index (χ4n) is 0.916. The van der Waals surface area contributed by atoms with E-state index in [1.54, 1.807) is 0 Å². The molecule has 0 aromatic heterocycles. The Hall–Kier alpha value is -0.290. The maximum Gasteiger partial charge on any atom is 0.411 e. The third kappa shape index (κ3) is 8.31. The molecule has 14 heavy (non-hydrogen) atoms. The van der Waals surface area contributed by atoms with Gasteiger partial charge in [0.15, 0.2) is 0 Å². The lowest BCUT2D eigenvalue weighted by Gasteiger charge is -2.14. The molecule has 0 aromatic carbocycles. The Morgan fingerprint density at radius 1 is 1.29 bits per heavy atom. The maximum atomic E-state index is 11.6. The largest absolute Gasteiger partial charge is 0.411 e. The minimum Gasteiger partial charge on any atom is -0.393 e. The molecule has 86 valence electrons. The molecule has 1 N–H and O–H groups in total. The van der Waals surface area contributed by atoms with Crippen molar-refractivity contribution in [1.29, 1.82) is 0 Å². The van der Waals surface area contributed by atoms with E-state index in [2.05, 4.69) is 4.74 Å². The van der Waals surface area contributed by atoms with Crippen molar-refractivity contribution < 1.29 is 23.0 Å². The number of halogens is 3. The summed E-state index contributed by atoms with van der Waals surface area (Å²) in [5, 5.41) is 9.31. The summed E-state index contributed by atoms with van der Waals surface area (Å²) in [6.07, 6.45) is -3.77. The molecule has 1 unspecified atom stereocenters. The molecule has 5 heteroatoms. The van der Waals surface area contributed by atoms with Gasteiger partial charge >= 0.3 is 6.18 Å². The summed E-state index contributed by atoms with van der Waals surface area (Å²) in [4.78, 5) is 0. The maximum absolute atomic E-state index is 11.6. The van der Waals surface area contributed by atoms with Crippen molar-refractivity contribution in [3.8, 4) is 0 Å². The molecule has 0 saturated carbocycles. The van der Waals surface area contributed by atoms with Gasteiger partial charge in [-0.1, -0.05) is 13.8 Å². The fraction of sp³-hybridized carbons (Fsp3) is 1.00. The van der Waals surface area contributed by atoms with Crippen LogP contribution in [-0.4, -0.2) is 30.6 Å². The molecule has 0 spiro atoms. The van der Waals surface area contributed by atoms with Crippen LogP contribution in [0.5, 0.6) is 0 Å². The topological polar surface area (TPSA) is 29.5 Å². The molecule has 0 amide bonds. The number of hydrogen-bond donors (Lipinski definition) is 1. The molecule has 0 radical (unpaired) electrons. The zero-order valence-corrected chi connectivity index (χ0v) is 8.47. The summed E-state index contributed by atoms with van der Waals surface area (Å²) in [5.74, 6) is 0.137. The van der Waals surface area contributed by atoms with Gasteiger partial charge in [-0.3, -0.25) is 0 Å². The second kappa shape index (κ2) is 6.24. The van der Waals surface area contributed by atoms with E-state index in [0.29, 0.717) is 12.8 Å². The predicted molar refractivity (Wildman–Crippen MR) is 47.0 cm³/mol. The van der Waals surface area contributed by atoms with Crippen molar-refractivity contribution in [3.63, 3.8) is 0 Å². The van der Waals surface area contributed by atoms with Gasteiger partial charge in [0.05, 0.1) is 6.10 Å². The molecule has 0 aromatic rings. The molecule has 1 atom stereocenters. The second-order valence-corrected chi connectivity index (χ2v) is 3.62. The Labute approximate surface area is 82.1 Å². The summed E-state index contributed by atoms with van der Waals surface area (Å²) < 4.78 is 39.2. The van der Waals surface area contributed by atoms with Crippen LogP contribution in [0.15, 0.2) is 0 Å². The number of aliphatic hydroxyl groups is 1. The van der Waals surface area contributed by atoms with Crippen LogP contribution in [0.3, 0.4) is 0 Å². The summed E-state index contributed by atoms with van der Waals surface area (Å²) in [6, 6.07) is 0. The summed E-state index contributed by atoms with van der Waals surface area (Å²) >= 11 is 0. The van der Waals surface area contributed by atoms with Gasteiger partial charge in [0, 0.05) is 6.61 Å². The van der Waals surface area contributed by atoms with Gasteiger partial charge < -0.3 is 9.84 Å². The zero-order chi connectivity index (χ0) is 11.2. The van der Waals surface area contributed by atoms with Crippen LogP contribution in [-0.2, 0) is 4.74 Å². The van der Waals surface area contributed by atoms with E-state index in [4.69, 9.17) is 0 Å². The second-order valence-electron chi connectivity index (χ2n) is 3.62. The van der Waals surface area contributed by atoms with E-state index >= 15 is 0 Å². The fourth-order valence-corrected chi connectivity index (χ4v) is 0.916. The van der Waals surface area contributed by atoms with Gasteiger partial charge in [0.25, 0.3) is 0 Å². The van der Waals surface area contributed by atoms with Crippen LogP contribution in [0, 0.1) is 5.92 Å². The van der Waals surface area contributed by atoms with Crippen LogP contribution in [0.25, 0.3) is 0 Å². The number of alkyl halides is 3. The quantitative estimate of drug-likeness (QED) is 0.688. The summed E-state index contributed by atoms with van der Waals surface area (Å²) in [5.41, 5.74) is 0. The first-order valence-electron chi connectivity index (χ1n) is 4.65. The van der Waals surface area contributed by atoms with Crippen LogP contribution in [0.1, 0.15) is 26.7 Å². The van der Waals surface area contributed by atoms with E-state index < -0.39 is 18.9 Å². The van der Waals surface area contributed by atoms with Crippen LogP contribution in [0.4, 0.5) is 13.2 Å². The molecule has 2 nitrogen and oxygen atoms in total. The smallest absolute Gasteiger partial charge is 0.393 e. The Balaban J connectivity index is 3.30. The highest BCUT2D eigenvalue weighted by atomic mass is 19.4. The third-order valence-corrected chi connectivity index (χ3v) is 1.82. The van der Waals surface area contributed by atoms with Gasteiger partial charge in [-0.15, -0.1) is 0 Å². The monoisotopic (exact) mass is 214 g/mol. The number of aliphatic hydroxyl groups excluding tert-OH is 1. The summed E-state index contributed by atoms with van der Waals surface area (Å²) in [7, 11) is 0. The lowest BCUT2D eigenvalue weighted by molar-refractivity contribution is -0.174. The van der Waals surface area contributed by atoms with E-state index in [0.717, 1.165) is 0 Å². The van der Waals surface area contributed by atoms with Crippen molar-refractivity contribution in [3.05, 3.63) is 0 Å². The first kappa shape index (κ1) is 13.7. The predicted octanol–water partition coefficient (Wildman–Crippen LogP) is 2.36. The minimum absolute atomic E-state index is 0.0449. The number of hydrogen-bond acceptors (Lipinski definition) is 2. The van der Waals surface area contributed by atoms with Crippen molar-refractivity contribution in [2.75, 3.05) is 13.2 Å². The number of rotatable bonds is 6. The summed E-state index contributed by atoms with van der Waals surface area (Å²) in [6.45, 7) is 2.57.